The minimum Gasteiger partial charge on any atom is -0.386 e. The average Bonchev–Trinajstić information content (AvgIpc) is 2.90. The number of rotatable bonds is 2. The van der Waals surface area contributed by atoms with E-state index in [4.69, 9.17) is 0 Å². The number of benzene rings is 1. The number of nitrogens with zero attached hydrogens (tertiary/aromatic N) is 2. The van der Waals surface area contributed by atoms with Crippen molar-refractivity contribution in [2.24, 2.45) is 0 Å². The molecular weight excluding hydrogens is 248 g/mol. The fraction of sp³-hybridized carbons (Fsp3) is 0.357. The second kappa shape index (κ2) is 4.64. The summed E-state index contributed by atoms with van der Waals surface area (Å²) < 4.78 is 27.6. The predicted molar refractivity (Wildman–Crippen MR) is 72.7 cm³/mol. The Balaban J connectivity index is 2.29. The van der Waals surface area contributed by atoms with E-state index < -0.39 is 11.6 Å². The highest BCUT2D eigenvalue weighted by Crippen LogP contribution is 2.34. The van der Waals surface area contributed by atoms with Crippen LogP contribution in [-0.4, -0.2) is 25.1 Å². The van der Waals surface area contributed by atoms with Gasteiger partial charge in [-0.05, 0) is 18.9 Å². The maximum atomic E-state index is 14.1. The van der Waals surface area contributed by atoms with Crippen LogP contribution in [0, 0.1) is 11.6 Å². The number of halogens is 2. The van der Waals surface area contributed by atoms with Crippen LogP contribution in [0.1, 0.15) is 12.8 Å². The van der Waals surface area contributed by atoms with Crippen molar-refractivity contribution in [3.63, 3.8) is 0 Å². The fourth-order valence-electron chi connectivity index (χ4n) is 2.64. The van der Waals surface area contributed by atoms with Gasteiger partial charge in [0.2, 0.25) is 0 Å². The van der Waals surface area contributed by atoms with E-state index in [0.717, 1.165) is 32.0 Å². The summed E-state index contributed by atoms with van der Waals surface area (Å²) in [7, 11) is 1.72. The second-order valence-corrected chi connectivity index (χ2v) is 4.75. The zero-order valence-electron chi connectivity index (χ0n) is 10.7. The normalized spacial score (nSPS) is 15.2. The van der Waals surface area contributed by atoms with Crippen molar-refractivity contribution in [1.82, 2.24) is 4.98 Å². The third kappa shape index (κ3) is 1.99. The zero-order valence-corrected chi connectivity index (χ0v) is 10.7. The lowest BCUT2D eigenvalue weighted by Crippen LogP contribution is -2.19. The van der Waals surface area contributed by atoms with Crippen LogP contribution in [-0.2, 0) is 0 Å². The van der Waals surface area contributed by atoms with E-state index in [9.17, 15) is 8.78 Å². The van der Waals surface area contributed by atoms with Gasteiger partial charge in [-0.15, -0.1) is 0 Å². The number of anilines is 2. The number of hydrogen-bond acceptors (Lipinski definition) is 3. The standard InChI is InChI=1S/C14H15F2N3/c1-17-12-8-18-14(19-4-2-3-5-19)13-10(12)6-9(15)7-11(13)16/h6-8,17H,2-5H2,1H3. The van der Waals surface area contributed by atoms with Gasteiger partial charge in [0.25, 0.3) is 0 Å². The molecule has 2 aromatic rings. The van der Waals surface area contributed by atoms with E-state index in [1.165, 1.54) is 6.07 Å². The molecule has 1 N–H and O–H groups in total. The predicted octanol–water partition coefficient (Wildman–Crippen LogP) is 3.15. The Morgan fingerprint density at radius 1 is 1.21 bits per heavy atom. The van der Waals surface area contributed by atoms with E-state index >= 15 is 0 Å². The van der Waals surface area contributed by atoms with Crippen molar-refractivity contribution >= 4 is 22.3 Å². The lowest BCUT2D eigenvalue weighted by atomic mass is 10.1. The summed E-state index contributed by atoms with van der Waals surface area (Å²) in [6, 6.07) is 2.27. The molecule has 0 aliphatic carbocycles. The van der Waals surface area contributed by atoms with Gasteiger partial charge in [-0.3, -0.25) is 0 Å². The summed E-state index contributed by atoms with van der Waals surface area (Å²) in [5.74, 6) is -0.509. The Kier molecular flexibility index (Phi) is 2.97. The van der Waals surface area contributed by atoms with Crippen LogP contribution in [0.4, 0.5) is 20.3 Å². The number of aromatic nitrogens is 1. The summed E-state index contributed by atoms with van der Waals surface area (Å²) in [6.45, 7) is 1.75. The smallest absolute Gasteiger partial charge is 0.139 e. The molecular formula is C14H15F2N3. The first-order valence-corrected chi connectivity index (χ1v) is 6.41. The van der Waals surface area contributed by atoms with E-state index in [1.54, 1.807) is 13.2 Å². The molecule has 0 unspecified atom stereocenters. The van der Waals surface area contributed by atoms with E-state index in [-0.39, 0.29) is 0 Å². The van der Waals surface area contributed by atoms with Gasteiger partial charge in [-0.2, -0.15) is 0 Å². The number of pyridine rings is 1. The molecule has 1 aliphatic heterocycles. The number of nitrogens with one attached hydrogen (secondary N) is 1. The first-order chi connectivity index (χ1) is 9.20. The van der Waals surface area contributed by atoms with Crippen molar-refractivity contribution in [3.05, 3.63) is 30.0 Å². The van der Waals surface area contributed by atoms with Gasteiger partial charge in [0.15, 0.2) is 0 Å². The molecule has 1 aromatic heterocycles. The Labute approximate surface area is 110 Å². The van der Waals surface area contributed by atoms with Gasteiger partial charge < -0.3 is 10.2 Å². The lowest BCUT2D eigenvalue weighted by Gasteiger charge is -2.20. The zero-order chi connectivity index (χ0) is 13.4. The topological polar surface area (TPSA) is 28.2 Å². The Morgan fingerprint density at radius 2 is 1.95 bits per heavy atom. The Hall–Kier alpha value is -1.91. The SMILES string of the molecule is CNc1cnc(N2CCCC2)c2c(F)cc(F)cc12. The summed E-state index contributed by atoms with van der Waals surface area (Å²) in [6.07, 6.45) is 3.80. The molecule has 0 radical (unpaired) electrons. The van der Waals surface area contributed by atoms with Crippen molar-refractivity contribution in [1.29, 1.82) is 0 Å². The summed E-state index contributed by atoms with van der Waals surface area (Å²) in [5, 5.41) is 3.86. The van der Waals surface area contributed by atoms with Gasteiger partial charge >= 0.3 is 0 Å². The summed E-state index contributed by atoms with van der Waals surface area (Å²) in [4.78, 5) is 6.41. The minimum absolute atomic E-state index is 0.398. The van der Waals surface area contributed by atoms with Crippen LogP contribution in [0.5, 0.6) is 0 Å². The molecule has 0 saturated carbocycles. The van der Waals surface area contributed by atoms with E-state index in [1.807, 2.05) is 0 Å². The van der Waals surface area contributed by atoms with Gasteiger partial charge in [0, 0.05) is 31.6 Å². The first-order valence-electron chi connectivity index (χ1n) is 6.41. The monoisotopic (exact) mass is 263 g/mol. The minimum atomic E-state index is -0.569. The molecule has 2 heterocycles. The number of hydrogen-bond donors (Lipinski definition) is 1. The Morgan fingerprint density at radius 3 is 2.63 bits per heavy atom. The lowest BCUT2D eigenvalue weighted by molar-refractivity contribution is 0.592. The quantitative estimate of drug-likeness (QED) is 0.902. The van der Waals surface area contributed by atoms with Crippen molar-refractivity contribution in [2.45, 2.75) is 12.8 Å². The van der Waals surface area contributed by atoms with Crippen molar-refractivity contribution in [2.75, 3.05) is 30.4 Å². The van der Waals surface area contributed by atoms with Crippen LogP contribution in [0.15, 0.2) is 18.3 Å². The van der Waals surface area contributed by atoms with Gasteiger partial charge in [-0.25, -0.2) is 13.8 Å². The molecule has 3 nitrogen and oxygen atoms in total. The Bertz CT molecular complexity index is 622. The fourth-order valence-corrected chi connectivity index (χ4v) is 2.64. The highest BCUT2D eigenvalue weighted by molar-refractivity contribution is 6.00. The van der Waals surface area contributed by atoms with Crippen LogP contribution >= 0.6 is 0 Å². The first kappa shape index (κ1) is 12.1. The number of fused-ring (bicyclic) bond motifs is 1. The highest BCUT2D eigenvalue weighted by Gasteiger charge is 2.20. The van der Waals surface area contributed by atoms with Crippen LogP contribution < -0.4 is 10.2 Å². The van der Waals surface area contributed by atoms with Gasteiger partial charge in [0.05, 0.1) is 17.3 Å². The molecule has 100 valence electrons. The van der Waals surface area contributed by atoms with Gasteiger partial charge in [0.1, 0.15) is 17.5 Å². The van der Waals surface area contributed by atoms with Crippen LogP contribution in [0.3, 0.4) is 0 Å². The van der Waals surface area contributed by atoms with Crippen molar-refractivity contribution in [3.8, 4) is 0 Å². The van der Waals surface area contributed by atoms with Crippen molar-refractivity contribution < 1.29 is 8.78 Å². The molecule has 19 heavy (non-hydrogen) atoms. The average molecular weight is 263 g/mol. The summed E-state index contributed by atoms with van der Waals surface area (Å²) in [5.41, 5.74) is 0.636. The molecule has 1 fully saturated rings. The summed E-state index contributed by atoms with van der Waals surface area (Å²) >= 11 is 0. The maximum Gasteiger partial charge on any atom is 0.139 e. The molecule has 0 bridgehead atoms. The molecule has 5 heteroatoms. The highest BCUT2D eigenvalue weighted by atomic mass is 19.1. The van der Waals surface area contributed by atoms with Crippen LogP contribution in [0.2, 0.25) is 0 Å². The molecule has 1 saturated heterocycles. The van der Waals surface area contributed by atoms with E-state index in [0.29, 0.717) is 22.3 Å². The van der Waals surface area contributed by atoms with E-state index in [2.05, 4.69) is 15.2 Å². The third-order valence-corrected chi connectivity index (χ3v) is 3.56. The van der Waals surface area contributed by atoms with Gasteiger partial charge in [-0.1, -0.05) is 0 Å². The second-order valence-electron chi connectivity index (χ2n) is 4.75. The molecule has 0 spiro atoms. The maximum absolute atomic E-state index is 14.1. The third-order valence-electron chi connectivity index (χ3n) is 3.56. The molecule has 0 amide bonds. The largest absolute Gasteiger partial charge is 0.386 e. The molecule has 1 aromatic carbocycles. The molecule has 1 aliphatic rings. The van der Waals surface area contributed by atoms with Crippen LogP contribution in [0.25, 0.3) is 10.8 Å². The molecule has 3 rings (SSSR count). The molecule has 0 atom stereocenters.